The average molecular weight is 431 g/mol. The maximum atomic E-state index is 13.2. The number of hydrogen-bond donors (Lipinski definition) is 1. The summed E-state index contributed by atoms with van der Waals surface area (Å²) in [5, 5.41) is 0. The Morgan fingerprint density at radius 3 is 2.80 bits per heavy atom. The molecule has 0 unspecified atom stereocenters. The highest BCUT2D eigenvalue weighted by atomic mass is 32.2. The van der Waals surface area contributed by atoms with Crippen molar-refractivity contribution in [3.8, 4) is 11.5 Å². The lowest BCUT2D eigenvalue weighted by Crippen LogP contribution is -2.43. The van der Waals surface area contributed by atoms with Crippen LogP contribution in [0.5, 0.6) is 11.5 Å². The van der Waals surface area contributed by atoms with Gasteiger partial charge in [-0.15, -0.1) is 0 Å². The molecule has 8 nitrogen and oxygen atoms in total. The van der Waals surface area contributed by atoms with E-state index in [9.17, 15) is 4.79 Å². The van der Waals surface area contributed by atoms with Crippen molar-refractivity contribution in [2.75, 3.05) is 37.1 Å². The van der Waals surface area contributed by atoms with Crippen molar-refractivity contribution in [1.29, 1.82) is 0 Å². The Bertz CT molecular complexity index is 1030. The standard InChI is InChI=1S/C21H26N4O4S/c1-13-10-21(11-27-13)6-8-25(9-7-21)20-23-18(22)17(19(26)24(20)2)30-15-5-3-4-14-16(15)29-12-28-14/h3-5,13H,6-12,22H2,1-2H3/t13-/m0/s1. The zero-order valence-electron chi connectivity index (χ0n) is 17.2. The smallest absolute Gasteiger partial charge is 0.270 e. The van der Waals surface area contributed by atoms with E-state index in [-0.39, 0.29) is 23.6 Å². The van der Waals surface area contributed by atoms with E-state index in [0.29, 0.717) is 28.4 Å². The molecule has 1 atom stereocenters. The van der Waals surface area contributed by atoms with E-state index in [0.717, 1.165) is 43.9 Å². The van der Waals surface area contributed by atoms with Crippen LogP contribution >= 0.6 is 11.8 Å². The molecule has 5 rings (SSSR count). The highest BCUT2D eigenvalue weighted by Crippen LogP contribution is 2.44. The summed E-state index contributed by atoms with van der Waals surface area (Å²) in [7, 11) is 1.76. The zero-order valence-corrected chi connectivity index (χ0v) is 18.0. The van der Waals surface area contributed by atoms with Crippen molar-refractivity contribution >= 4 is 23.5 Å². The quantitative estimate of drug-likeness (QED) is 0.795. The summed E-state index contributed by atoms with van der Waals surface area (Å²) in [6.45, 7) is 4.85. The lowest BCUT2D eigenvalue weighted by atomic mass is 9.77. The van der Waals surface area contributed by atoms with Crippen LogP contribution in [-0.2, 0) is 11.8 Å². The predicted octanol–water partition coefficient (Wildman–Crippen LogP) is 2.64. The van der Waals surface area contributed by atoms with Crippen molar-refractivity contribution in [1.82, 2.24) is 9.55 Å². The number of nitrogen functional groups attached to an aromatic ring is 1. The molecule has 30 heavy (non-hydrogen) atoms. The number of fused-ring (bicyclic) bond motifs is 1. The van der Waals surface area contributed by atoms with Gasteiger partial charge >= 0.3 is 0 Å². The molecule has 3 aliphatic heterocycles. The molecule has 4 heterocycles. The number of para-hydroxylation sites is 1. The van der Waals surface area contributed by atoms with E-state index in [1.54, 1.807) is 11.6 Å². The number of nitrogens with two attached hydrogens (primary N) is 1. The highest BCUT2D eigenvalue weighted by molar-refractivity contribution is 7.99. The van der Waals surface area contributed by atoms with Crippen LogP contribution < -0.4 is 25.7 Å². The first-order valence-corrected chi connectivity index (χ1v) is 11.1. The SMILES string of the molecule is C[C@H]1CC2(CCN(c3nc(N)c(Sc4cccc5c4OCO5)c(=O)n3C)CC2)CO1. The second kappa shape index (κ2) is 7.39. The van der Waals surface area contributed by atoms with Crippen LogP contribution in [0.2, 0.25) is 0 Å². The number of ether oxygens (including phenoxy) is 3. The van der Waals surface area contributed by atoms with Gasteiger partial charge < -0.3 is 24.8 Å². The lowest BCUT2D eigenvalue weighted by molar-refractivity contribution is 0.0974. The molecular weight excluding hydrogens is 404 g/mol. The number of hydrogen-bond acceptors (Lipinski definition) is 8. The fourth-order valence-corrected chi connectivity index (χ4v) is 5.63. The van der Waals surface area contributed by atoms with E-state index in [4.69, 9.17) is 19.9 Å². The minimum atomic E-state index is -0.155. The fourth-order valence-electron chi connectivity index (χ4n) is 4.64. The Morgan fingerprint density at radius 2 is 2.07 bits per heavy atom. The van der Waals surface area contributed by atoms with Crippen molar-refractivity contribution in [2.24, 2.45) is 12.5 Å². The molecule has 2 aromatic rings. The van der Waals surface area contributed by atoms with Crippen LogP contribution in [0.25, 0.3) is 0 Å². The number of anilines is 2. The van der Waals surface area contributed by atoms with Gasteiger partial charge in [-0.1, -0.05) is 17.8 Å². The first-order chi connectivity index (χ1) is 14.5. The summed E-state index contributed by atoms with van der Waals surface area (Å²) in [5.41, 5.74) is 6.37. The number of piperidine rings is 1. The molecule has 160 valence electrons. The van der Waals surface area contributed by atoms with Crippen LogP contribution in [0.15, 0.2) is 32.8 Å². The molecule has 1 spiro atoms. The third kappa shape index (κ3) is 3.30. The Balaban J connectivity index is 1.39. The van der Waals surface area contributed by atoms with E-state index in [2.05, 4.69) is 16.8 Å². The molecule has 1 aromatic carbocycles. The summed E-state index contributed by atoms with van der Waals surface area (Å²) in [6.07, 6.45) is 3.52. The van der Waals surface area contributed by atoms with Crippen LogP contribution in [-0.4, -0.2) is 42.1 Å². The minimum Gasteiger partial charge on any atom is -0.454 e. The van der Waals surface area contributed by atoms with Crippen molar-refractivity contribution < 1.29 is 14.2 Å². The molecule has 3 aliphatic rings. The number of nitrogens with zero attached hydrogens (tertiary/aromatic N) is 3. The molecular formula is C21H26N4O4S. The summed E-state index contributed by atoms with van der Waals surface area (Å²) in [4.78, 5) is 21.1. The summed E-state index contributed by atoms with van der Waals surface area (Å²) in [6, 6.07) is 5.60. The van der Waals surface area contributed by atoms with Crippen molar-refractivity contribution in [3.05, 3.63) is 28.6 Å². The molecule has 0 bridgehead atoms. The molecule has 0 saturated carbocycles. The van der Waals surface area contributed by atoms with Gasteiger partial charge in [-0.3, -0.25) is 9.36 Å². The van der Waals surface area contributed by atoms with Gasteiger partial charge in [0, 0.05) is 20.1 Å². The first kappa shape index (κ1) is 19.6. The Morgan fingerprint density at radius 1 is 1.27 bits per heavy atom. The van der Waals surface area contributed by atoms with Gasteiger partial charge in [0.2, 0.25) is 12.7 Å². The summed E-state index contributed by atoms with van der Waals surface area (Å²) in [5.74, 6) is 2.18. The Kier molecular flexibility index (Phi) is 4.82. The largest absolute Gasteiger partial charge is 0.454 e. The molecule has 2 N–H and O–H groups in total. The predicted molar refractivity (Wildman–Crippen MR) is 114 cm³/mol. The van der Waals surface area contributed by atoms with Gasteiger partial charge in [0.1, 0.15) is 10.7 Å². The molecule has 0 amide bonds. The molecule has 1 aromatic heterocycles. The lowest BCUT2D eigenvalue weighted by Gasteiger charge is -2.39. The fraction of sp³-hybridized carbons (Fsp3) is 0.524. The van der Waals surface area contributed by atoms with Crippen molar-refractivity contribution in [3.63, 3.8) is 0 Å². The zero-order chi connectivity index (χ0) is 20.9. The molecule has 2 saturated heterocycles. The van der Waals surface area contributed by atoms with Gasteiger partial charge in [-0.25, -0.2) is 0 Å². The topological polar surface area (TPSA) is 91.8 Å². The van der Waals surface area contributed by atoms with E-state index in [1.807, 2.05) is 18.2 Å². The Labute approximate surface area is 179 Å². The maximum Gasteiger partial charge on any atom is 0.270 e. The third-order valence-corrected chi connectivity index (χ3v) is 7.46. The molecule has 9 heteroatoms. The van der Waals surface area contributed by atoms with Crippen LogP contribution in [0.1, 0.15) is 26.2 Å². The van der Waals surface area contributed by atoms with E-state index >= 15 is 0 Å². The molecule has 0 aliphatic carbocycles. The van der Waals surface area contributed by atoms with Gasteiger partial charge in [-0.05, 0) is 43.7 Å². The second-order valence-corrected chi connectivity index (χ2v) is 9.45. The van der Waals surface area contributed by atoms with Crippen molar-refractivity contribution in [2.45, 2.75) is 42.1 Å². The van der Waals surface area contributed by atoms with Crippen LogP contribution in [0, 0.1) is 5.41 Å². The van der Waals surface area contributed by atoms with Gasteiger partial charge in [0.15, 0.2) is 11.5 Å². The number of rotatable bonds is 3. The van der Waals surface area contributed by atoms with Gasteiger partial charge in [0.25, 0.3) is 5.56 Å². The maximum absolute atomic E-state index is 13.2. The second-order valence-electron chi connectivity index (χ2n) is 8.40. The number of aromatic nitrogens is 2. The normalized spacial score (nSPS) is 22.1. The molecule has 2 fully saturated rings. The van der Waals surface area contributed by atoms with Gasteiger partial charge in [-0.2, -0.15) is 4.98 Å². The number of benzene rings is 1. The summed E-state index contributed by atoms with van der Waals surface area (Å²) < 4.78 is 18.4. The van der Waals surface area contributed by atoms with E-state index < -0.39 is 0 Å². The minimum absolute atomic E-state index is 0.155. The third-order valence-electron chi connectivity index (χ3n) is 6.33. The first-order valence-electron chi connectivity index (χ1n) is 10.3. The Hall–Kier alpha value is -2.39. The van der Waals surface area contributed by atoms with Crippen LogP contribution in [0.3, 0.4) is 0 Å². The summed E-state index contributed by atoms with van der Waals surface area (Å²) >= 11 is 1.27. The molecule has 0 radical (unpaired) electrons. The monoisotopic (exact) mass is 430 g/mol. The van der Waals surface area contributed by atoms with Crippen LogP contribution in [0.4, 0.5) is 11.8 Å². The van der Waals surface area contributed by atoms with Gasteiger partial charge in [0.05, 0.1) is 17.6 Å². The van der Waals surface area contributed by atoms with E-state index in [1.165, 1.54) is 11.8 Å². The highest BCUT2D eigenvalue weighted by Gasteiger charge is 2.41. The average Bonchev–Trinajstić information content (AvgIpc) is 3.36.